The van der Waals surface area contributed by atoms with Crippen LogP contribution in [0.2, 0.25) is 0 Å². The van der Waals surface area contributed by atoms with E-state index in [4.69, 9.17) is 5.48 Å². The van der Waals surface area contributed by atoms with Gasteiger partial charge in [0.05, 0.1) is 5.48 Å². The van der Waals surface area contributed by atoms with Gasteiger partial charge in [0, 0.05) is 0 Å². The van der Waals surface area contributed by atoms with Crippen LogP contribution in [-0.2, 0) is 10.8 Å². The highest BCUT2D eigenvalue weighted by atomic mass is 14.2. The Labute approximate surface area is 129 Å². The summed E-state index contributed by atoms with van der Waals surface area (Å²) >= 11 is 0. The third-order valence-electron chi connectivity index (χ3n) is 3.41. The van der Waals surface area contributed by atoms with Crippen molar-refractivity contribution >= 4 is 0 Å². The molecule has 0 saturated carbocycles. The normalized spacial score (nSPS) is 15.3. The maximum absolute atomic E-state index is 8.38. The Morgan fingerprint density at radius 3 is 1.45 bits per heavy atom. The summed E-state index contributed by atoms with van der Waals surface area (Å²) in [5, 5.41) is 0. The second-order valence-electron chi connectivity index (χ2n) is 7.33. The van der Waals surface area contributed by atoms with Crippen LogP contribution < -0.4 is 0 Å². The van der Waals surface area contributed by atoms with Gasteiger partial charge in [0.15, 0.2) is 0 Å². The maximum atomic E-state index is 8.38. The van der Waals surface area contributed by atoms with E-state index in [0.29, 0.717) is 11.1 Å². The summed E-state index contributed by atoms with van der Waals surface area (Å²) in [7, 11) is 0. The van der Waals surface area contributed by atoms with Crippen molar-refractivity contribution in [2.45, 2.75) is 52.4 Å². The zero-order chi connectivity index (χ0) is 18.4. The lowest BCUT2D eigenvalue weighted by Gasteiger charge is -2.20. The van der Waals surface area contributed by atoms with Crippen LogP contribution in [-0.4, -0.2) is 0 Å². The smallest absolute Gasteiger partial charge is 0.0579 e. The average Bonchev–Trinajstić information content (AvgIpc) is 2.44. The number of hydrogen-bond donors (Lipinski definition) is 0. The molecule has 0 aliphatic heterocycles. The van der Waals surface area contributed by atoms with Crippen molar-refractivity contribution in [3.63, 3.8) is 0 Å². The topological polar surface area (TPSA) is 0 Å². The van der Waals surface area contributed by atoms with Crippen LogP contribution in [0.5, 0.6) is 0 Å². The van der Waals surface area contributed by atoms with Gasteiger partial charge >= 0.3 is 0 Å². The van der Waals surface area contributed by atoms with Crippen LogP contribution in [0, 0.1) is 0 Å². The lowest BCUT2D eigenvalue weighted by atomic mass is 9.85. The summed E-state index contributed by atoms with van der Waals surface area (Å²) in [6, 6.07) is 7.95. The molecule has 0 fully saturated rings. The fraction of sp³-hybridized carbons (Fsp3) is 0.400. The van der Waals surface area contributed by atoms with Crippen molar-refractivity contribution in [3.8, 4) is 11.1 Å². The molecule has 0 bridgehead atoms. The molecule has 2 rings (SSSR count). The molecule has 0 N–H and O–H groups in total. The standard InChI is InChI=1S/C20H26/c1-19(2,3)17-11-7-15(8-12-17)16-9-13-18(14-10-16)20(4,5)6/h7-14H,1-6H3/i7D,8D,11D,12D. The van der Waals surface area contributed by atoms with E-state index in [2.05, 4.69) is 20.8 Å². The molecule has 0 nitrogen and oxygen atoms in total. The highest BCUT2D eigenvalue weighted by molar-refractivity contribution is 5.64. The van der Waals surface area contributed by atoms with Crippen molar-refractivity contribution in [1.82, 2.24) is 0 Å². The van der Waals surface area contributed by atoms with E-state index in [1.807, 2.05) is 45.0 Å². The van der Waals surface area contributed by atoms with Gasteiger partial charge in [0.25, 0.3) is 0 Å². The first-order valence-corrected chi connectivity index (χ1v) is 7.07. The summed E-state index contributed by atoms with van der Waals surface area (Å²) in [6.45, 7) is 12.1. The largest absolute Gasteiger partial charge is 0.0629 e. The van der Waals surface area contributed by atoms with Gasteiger partial charge in [-0.05, 0) is 33.1 Å². The molecule has 0 aliphatic carbocycles. The fourth-order valence-electron chi connectivity index (χ4n) is 1.97. The predicted molar refractivity (Wildman–Crippen MR) is 89.3 cm³/mol. The molecular weight excluding hydrogens is 240 g/mol. The minimum absolute atomic E-state index is 0.0311. The van der Waals surface area contributed by atoms with Crippen molar-refractivity contribution < 1.29 is 5.48 Å². The molecule has 0 heterocycles. The quantitative estimate of drug-likeness (QED) is 0.600. The minimum atomic E-state index is -0.436. The Hall–Kier alpha value is -1.56. The molecule has 20 heavy (non-hydrogen) atoms. The molecule has 0 atom stereocenters. The Kier molecular flexibility index (Phi) is 2.60. The second kappa shape index (κ2) is 5.09. The zero-order valence-corrected chi connectivity index (χ0v) is 13.3. The molecule has 2 aromatic rings. The van der Waals surface area contributed by atoms with E-state index in [-0.39, 0.29) is 29.6 Å². The Morgan fingerprint density at radius 2 is 1.05 bits per heavy atom. The van der Waals surface area contributed by atoms with Crippen molar-refractivity contribution in [2.75, 3.05) is 0 Å². The Bertz CT molecular complexity index is 731. The van der Waals surface area contributed by atoms with E-state index < -0.39 is 5.41 Å². The third-order valence-corrected chi connectivity index (χ3v) is 3.41. The minimum Gasteiger partial charge on any atom is -0.0579 e. The third kappa shape index (κ3) is 3.30. The molecule has 0 aliphatic rings. The van der Waals surface area contributed by atoms with Crippen LogP contribution in [0.25, 0.3) is 11.1 Å². The maximum Gasteiger partial charge on any atom is 0.0629 e. The molecule has 0 radical (unpaired) electrons. The molecule has 2 aromatic carbocycles. The van der Waals surface area contributed by atoms with Crippen LogP contribution in [0.4, 0.5) is 0 Å². The predicted octanol–water partition coefficient (Wildman–Crippen LogP) is 5.95. The first-order chi connectivity index (χ1) is 10.9. The van der Waals surface area contributed by atoms with Crippen molar-refractivity contribution in [2.24, 2.45) is 0 Å². The molecule has 0 heteroatoms. The summed E-state index contributed by atoms with van der Waals surface area (Å²) in [6.07, 6.45) is 0. The summed E-state index contributed by atoms with van der Waals surface area (Å²) < 4.78 is 33.4. The molecule has 0 unspecified atom stereocenters. The summed E-state index contributed by atoms with van der Waals surface area (Å²) in [5.74, 6) is 0. The summed E-state index contributed by atoms with van der Waals surface area (Å²) in [4.78, 5) is 0. The number of rotatable bonds is 1. The number of hydrogen-bond acceptors (Lipinski definition) is 0. The lowest BCUT2D eigenvalue weighted by Crippen LogP contribution is -2.10. The lowest BCUT2D eigenvalue weighted by molar-refractivity contribution is 0.590. The van der Waals surface area contributed by atoms with Gasteiger partial charge < -0.3 is 0 Å². The van der Waals surface area contributed by atoms with E-state index in [0.717, 1.165) is 5.56 Å². The van der Waals surface area contributed by atoms with E-state index in [9.17, 15) is 0 Å². The molecule has 0 amide bonds. The fourth-order valence-corrected chi connectivity index (χ4v) is 1.97. The average molecular weight is 270 g/mol. The molecule has 0 saturated heterocycles. The second-order valence-corrected chi connectivity index (χ2v) is 7.33. The molecule has 0 spiro atoms. The van der Waals surface area contributed by atoms with Gasteiger partial charge in [-0.2, -0.15) is 0 Å². The van der Waals surface area contributed by atoms with E-state index in [1.54, 1.807) is 0 Å². The molecule has 106 valence electrons. The van der Waals surface area contributed by atoms with Crippen LogP contribution >= 0.6 is 0 Å². The first-order valence-electron chi connectivity index (χ1n) is 9.07. The van der Waals surface area contributed by atoms with Gasteiger partial charge in [0.2, 0.25) is 0 Å². The van der Waals surface area contributed by atoms with Crippen LogP contribution in [0.3, 0.4) is 0 Å². The van der Waals surface area contributed by atoms with Crippen LogP contribution in [0.1, 0.15) is 58.2 Å². The molecule has 0 aromatic heterocycles. The van der Waals surface area contributed by atoms with Gasteiger partial charge in [-0.15, -0.1) is 0 Å². The SMILES string of the molecule is [2H]c1c([2H])c(C(C)(C)C)c([2H])c([2H])c1-c1ccc(C(C)(C)C)cc1. The van der Waals surface area contributed by atoms with Gasteiger partial charge in [0.1, 0.15) is 0 Å². The van der Waals surface area contributed by atoms with Gasteiger partial charge in [-0.1, -0.05) is 90.0 Å². The highest BCUT2D eigenvalue weighted by Gasteiger charge is 2.14. The van der Waals surface area contributed by atoms with Gasteiger partial charge in [-0.25, -0.2) is 0 Å². The van der Waals surface area contributed by atoms with Crippen LogP contribution in [0.15, 0.2) is 48.4 Å². The molecular formula is C20H26. The van der Waals surface area contributed by atoms with E-state index in [1.165, 1.54) is 5.56 Å². The van der Waals surface area contributed by atoms with Crippen molar-refractivity contribution in [1.29, 1.82) is 0 Å². The van der Waals surface area contributed by atoms with E-state index >= 15 is 0 Å². The Morgan fingerprint density at radius 1 is 0.600 bits per heavy atom. The first kappa shape index (κ1) is 10.2. The zero-order valence-electron chi connectivity index (χ0n) is 17.3. The van der Waals surface area contributed by atoms with Crippen molar-refractivity contribution in [3.05, 3.63) is 59.6 Å². The number of benzene rings is 2. The monoisotopic (exact) mass is 270 g/mol. The van der Waals surface area contributed by atoms with Gasteiger partial charge in [-0.3, -0.25) is 0 Å². The Balaban J connectivity index is 2.69. The highest BCUT2D eigenvalue weighted by Crippen LogP contribution is 2.28. The summed E-state index contributed by atoms with van der Waals surface area (Å²) in [5.41, 5.74) is 2.33.